The summed E-state index contributed by atoms with van der Waals surface area (Å²) in [5.74, 6) is 0.248. The van der Waals surface area contributed by atoms with E-state index in [4.69, 9.17) is 0 Å². The van der Waals surface area contributed by atoms with Gasteiger partial charge in [-0.3, -0.25) is 4.79 Å². The molecule has 0 aliphatic carbocycles. The second kappa shape index (κ2) is 5.40. The summed E-state index contributed by atoms with van der Waals surface area (Å²) >= 11 is 3.07. The maximum absolute atomic E-state index is 12.9. The van der Waals surface area contributed by atoms with Crippen molar-refractivity contribution in [1.29, 1.82) is 0 Å². The van der Waals surface area contributed by atoms with Gasteiger partial charge in [0.25, 0.3) is 0 Å². The number of hydrogen-bond acceptors (Lipinski definition) is 1. The normalized spacial score (nSPS) is 10.7. The average Bonchev–Trinajstić information content (AvgIpc) is 2.18. The number of ketones is 1. The van der Waals surface area contributed by atoms with Crippen LogP contribution in [0.5, 0.6) is 0 Å². The fourth-order valence-corrected chi connectivity index (χ4v) is 1.61. The van der Waals surface area contributed by atoms with E-state index in [9.17, 15) is 9.18 Å². The standard InChI is InChI=1S/C12H14BrFO/c1-8(2)3-6-12(15)9-4-5-11(14)10(13)7-9/h4-5,7-8H,3,6H2,1-2H3. The van der Waals surface area contributed by atoms with Gasteiger partial charge < -0.3 is 0 Å². The van der Waals surface area contributed by atoms with E-state index in [0.717, 1.165) is 6.42 Å². The van der Waals surface area contributed by atoms with E-state index in [2.05, 4.69) is 29.8 Å². The summed E-state index contributed by atoms with van der Waals surface area (Å²) in [5, 5.41) is 0. The van der Waals surface area contributed by atoms with Crippen LogP contribution in [0.15, 0.2) is 22.7 Å². The summed E-state index contributed by atoms with van der Waals surface area (Å²) in [7, 11) is 0. The Bertz CT molecular complexity index is 361. The average molecular weight is 273 g/mol. The van der Waals surface area contributed by atoms with Gasteiger partial charge in [-0.1, -0.05) is 13.8 Å². The first-order valence-electron chi connectivity index (χ1n) is 4.99. The molecular weight excluding hydrogens is 259 g/mol. The van der Waals surface area contributed by atoms with Crippen molar-refractivity contribution in [2.75, 3.05) is 0 Å². The van der Waals surface area contributed by atoms with Gasteiger partial charge in [0.15, 0.2) is 5.78 Å². The van der Waals surface area contributed by atoms with Crippen molar-refractivity contribution < 1.29 is 9.18 Å². The minimum atomic E-state index is -0.338. The molecule has 0 radical (unpaired) electrons. The molecule has 0 fully saturated rings. The van der Waals surface area contributed by atoms with Gasteiger partial charge in [0.2, 0.25) is 0 Å². The van der Waals surface area contributed by atoms with Crippen molar-refractivity contribution in [3.8, 4) is 0 Å². The molecule has 0 atom stereocenters. The topological polar surface area (TPSA) is 17.1 Å². The monoisotopic (exact) mass is 272 g/mol. The fraction of sp³-hybridized carbons (Fsp3) is 0.417. The third-order valence-electron chi connectivity index (χ3n) is 2.19. The van der Waals surface area contributed by atoms with Crippen LogP contribution in [-0.2, 0) is 0 Å². The quantitative estimate of drug-likeness (QED) is 0.751. The molecule has 0 aromatic heterocycles. The lowest BCUT2D eigenvalue weighted by Gasteiger charge is -2.04. The van der Waals surface area contributed by atoms with Crippen molar-refractivity contribution in [2.45, 2.75) is 26.7 Å². The highest BCUT2D eigenvalue weighted by atomic mass is 79.9. The molecule has 0 unspecified atom stereocenters. The zero-order valence-corrected chi connectivity index (χ0v) is 10.5. The van der Waals surface area contributed by atoms with Gasteiger partial charge in [-0.25, -0.2) is 4.39 Å². The van der Waals surface area contributed by atoms with Crippen LogP contribution in [0.25, 0.3) is 0 Å². The van der Waals surface area contributed by atoms with E-state index in [-0.39, 0.29) is 11.6 Å². The maximum atomic E-state index is 12.9. The van der Waals surface area contributed by atoms with Crippen molar-refractivity contribution in [3.05, 3.63) is 34.1 Å². The van der Waals surface area contributed by atoms with E-state index < -0.39 is 0 Å². The van der Waals surface area contributed by atoms with E-state index in [1.54, 1.807) is 0 Å². The molecule has 0 spiro atoms. The Hall–Kier alpha value is -0.700. The van der Waals surface area contributed by atoms with E-state index in [0.29, 0.717) is 22.4 Å². The summed E-state index contributed by atoms with van der Waals surface area (Å²) in [5.41, 5.74) is 0.573. The molecule has 1 nitrogen and oxygen atoms in total. The molecule has 0 aliphatic rings. The third-order valence-corrected chi connectivity index (χ3v) is 2.80. The summed E-state index contributed by atoms with van der Waals surface area (Å²) in [6.07, 6.45) is 1.39. The van der Waals surface area contributed by atoms with Gasteiger partial charge in [-0.2, -0.15) is 0 Å². The van der Waals surface area contributed by atoms with Gasteiger partial charge >= 0.3 is 0 Å². The molecule has 0 N–H and O–H groups in total. The van der Waals surface area contributed by atoms with Crippen LogP contribution in [0.4, 0.5) is 4.39 Å². The molecule has 1 aromatic rings. The highest BCUT2D eigenvalue weighted by Gasteiger charge is 2.09. The molecule has 1 rings (SSSR count). The predicted molar refractivity (Wildman–Crippen MR) is 62.5 cm³/mol. The minimum Gasteiger partial charge on any atom is -0.294 e. The van der Waals surface area contributed by atoms with Crippen LogP contribution in [0.1, 0.15) is 37.0 Å². The number of hydrogen-bond donors (Lipinski definition) is 0. The predicted octanol–water partition coefficient (Wildman–Crippen LogP) is 4.21. The first-order valence-corrected chi connectivity index (χ1v) is 5.78. The molecule has 0 bridgehead atoms. The summed E-state index contributed by atoms with van der Waals surface area (Å²) < 4.78 is 13.3. The molecule has 0 amide bonds. The number of carbonyl (C=O) groups is 1. The van der Waals surface area contributed by atoms with Crippen LogP contribution < -0.4 is 0 Å². The molecule has 3 heteroatoms. The van der Waals surface area contributed by atoms with Gasteiger partial charge in [0, 0.05) is 12.0 Å². The zero-order chi connectivity index (χ0) is 11.4. The minimum absolute atomic E-state index is 0.0735. The maximum Gasteiger partial charge on any atom is 0.162 e. The number of Topliss-reactive ketones (excluding diaryl/α,β-unsaturated/α-hetero) is 1. The second-order valence-electron chi connectivity index (χ2n) is 3.98. The molecule has 15 heavy (non-hydrogen) atoms. The van der Waals surface area contributed by atoms with Gasteiger partial charge in [-0.15, -0.1) is 0 Å². The summed E-state index contributed by atoms with van der Waals surface area (Å²) in [6.45, 7) is 4.15. The van der Waals surface area contributed by atoms with Crippen molar-refractivity contribution >= 4 is 21.7 Å². The van der Waals surface area contributed by atoms with Crippen molar-refractivity contribution in [1.82, 2.24) is 0 Å². The zero-order valence-electron chi connectivity index (χ0n) is 8.89. The molecule has 0 saturated carbocycles. The number of benzene rings is 1. The number of rotatable bonds is 4. The first-order chi connectivity index (χ1) is 7.00. The SMILES string of the molecule is CC(C)CCC(=O)c1ccc(F)c(Br)c1. The fourth-order valence-electron chi connectivity index (χ4n) is 1.23. The first kappa shape index (κ1) is 12.4. The van der Waals surface area contributed by atoms with Crippen LogP contribution >= 0.6 is 15.9 Å². The number of halogens is 2. The largest absolute Gasteiger partial charge is 0.294 e. The lowest BCUT2D eigenvalue weighted by atomic mass is 10.0. The third kappa shape index (κ3) is 3.74. The van der Waals surface area contributed by atoms with Crippen LogP contribution in [0.2, 0.25) is 0 Å². The molecule has 1 aromatic carbocycles. The van der Waals surface area contributed by atoms with Crippen LogP contribution in [0, 0.1) is 11.7 Å². The van der Waals surface area contributed by atoms with Crippen molar-refractivity contribution in [3.63, 3.8) is 0 Å². The van der Waals surface area contributed by atoms with E-state index in [1.165, 1.54) is 18.2 Å². The lowest BCUT2D eigenvalue weighted by molar-refractivity contribution is 0.0975. The smallest absolute Gasteiger partial charge is 0.162 e. The molecule has 0 heterocycles. The van der Waals surface area contributed by atoms with Gasteiger partial charge in [-0.05, 0) is 46.5 Å². The Balaban J connectivity index is 2.70. The highest BCUT2D eigenvalue weighted by molar-refractivity contribution is 9.10. The Morgan fingerprint density at radius 2 is 2.13 bits per heavy atom. The Morgan fingerprint density at radius 3 is 2.67 bits per heavy atom. The lowest BCUT2D eigenvalue weighted by Crippen LogP contribution is -2.01. The van der Waals surface area contributed by atoms with Gasteiger partial charge in [0.1, 0.15) is 5.82 Å². The van der Waals surface area contributed by atoms with Crippen molar-refractivity contribution in [2.24, 2.45) is 5.92 Å². The number of carbonyl (C=O) groups excluding carboxylic acids is 1. The summed E-state index contributed by atoms with van der Waals surface area (Å²) in [4.78, 5) is 11.7. The Kier molecular flexibility index (Phi) is 4.45. The highest BCUT2D eigenvalue weighted by Crippen LogP contribution is 2.18. The second-order valence-corrected chi connectivity index (χ2v) is 4.84. The van der Waals surface area contributed by atoms with E-state index in [1.807, 2.05) is 0 Å². The van der Waals surface area contributed by atoms with Gasteiger partial charge in [0.05, 0.1) is 4.47 Å². The molecular formula is C12H14BrFO. The Labute approximate surface area is 97.8 Å². The molecule has 0 aliphatic heterocycles. The summed E-state index contributed by atoms with van der Waals surface area (Å²) in [6, 6.07) is 4.38. The molecule has 0 saturated heterocycles. The Morgan fingerprint density at radius 1 is 1.47 bits per heavy atom. The molecule has 82 valence electrons. The van der Waals surface area contributed by atoms with E-state index >= 15 is 0 Å². The van der Waals surface area contributed by atoms with Crippen LogP contribution in [0.3, 0.4) is 0 Å². The van der Waals surface area contributed by atoms with Crippen LogP contribution in [-0.4, -0.2) is 5.78 Å².